The molecular weight excluding hydrogens is 210 g/mol. The van der Waals surface area contributed by atoms with Crippen LogP contribution in [0.15, 0.2) is 30.4 Å². The molecule has 0 amide bonds. The molecule has 1 atom stereocenters. The van der Waals surface area contributed by atoms with Crippen molar-refractivity contribution in [3.63, 3.8) is 0 Å². The van der Waals surface area contributed by atoms with Crippen LogP contribution in [0.4, 0.5) is 0 Å². The molecule has 0 saturated heterocycles. The molecule has 94 valence electrons. The molecule has 17 heavy (non-hydrogen) atoms. The average molecular weight is 233 g/mol. The van der Waals surface area contributed by atoms with E-state index < -0.39 is 0 Å². The lowest BCUT2D eigenvalue weighted by molar-refractivity contribution is 0.341. The Balaban J connectivity index is 2.87. The molecule has 0 aliphatic heterocycles. The van der Waals surface area contributed by atoms with Crippen LogP contribution >= 0.6 is 0 Å². The van der Waals surface area contributed by atoms with Gasteiger partial charge >= 0.3 is 0 Å². The van der Waals surface area contributed by atoms with Gasteiger partial charge in [-0.2, -0.15) is 0 Å². The molecule has 0 bridgehead atoms. The van der Waals surface area contributed by atoms with Gasteiger partial charge in [0.05, 0.1) is 0 Å². The highest BCUT2D eigenvalue weighted by Gasteiger charge is 2.10. The summed E-state index contributed by atoms with van der Waals surface area (Å²) in [4.78, 5) is 0. The summed E-state index contributed by atoms with van der Waals surface area (Å²) in [5, 5.41) is 3.24. The van der Waals surface area contributed by atoms with Gasteiger partial charge in [0, 0.05) is 11.6 Å². The van der Waals surface area contributed by atoms with Crippen LogP contribution in [0.25, 0.3) is 0 Å². The topological polar surface area (TPSA) is 21.3 Å². The largest absolute Gasteiger partial charge is 0.489 e. The third-order valence-corrected chi connectivity index (χ3v) is 3.00. The van der Waals surface area contributed by atoms with E-state index in [9.17, 15) is 0 Å². The molecule has 2 heteroatoms. The molecule has 0 spiro atoms. The highest BCUT2D eigenvalue weighted by Crippen LogP contribution is 2.26. The minimum absolute atomic E-state index is 0.292. The summed E-state index contributed by atoms with van der Waals surface area (Å²) in [7, 11) is 1.96. The lowest BCUT2D eigenvalue weighted by atomic mass is 10.1. The molecular formula is C15H23NO. The number of benzene rings is 1. The van der Waals surface area contributed by atoms with Crippen molar-refractivity contribution in [1.82, 2.24) is 5.32 Å². The summed E-state index contributed by atoms with van der Waals surface area (Å²) in [5.74, 6) is 0.960. The predicted octanol–water partition coefficient (Wildman–Crippen LogP) is 3.62. The minimum atomic E-state index is 0.292. The second-order valence-electron chi connectivity index (χ2n) is 4.44. The zero-order chi connectivity index (χ0) is 12.8. The fourth-order valence-electron chi connectivity index (χ4n) is 1.56. The Morgan fingerprint density at radius 1 is 1.47 bits per heavy atom. The van der Waals surface area contributed by atoms with E-state index >= 15 is 0 Å². The van der Waals surface area contributed by atoms with Gasteiger partial charge < -0.3 is 10.1 Å². The molecule has 0 aromatic heterocycles. The van der Waals surface area contributed by atoms with Crippen LogP contribution in [-0.2, 0) is 0 Å². The van der Waals surface area contributed by atoms with Gasteiger partial charge in [-0.3, -0.25) is 0 Å². The fourth-order valence-corrected chi connectivity index (χ4v) is 1.56. The Labute approximate surface area is 105 Å². The lowest BCUT2D eigenvalue weighted by Crippen LogP contribution is -2.14. The van der Waals surface area contributed by atoms with Gasteiger partial charge in [-0.15, -0.1) is 0 Å². The molecule has 0 radical (unpaired) electrons. The maximum absolute atomic E-state index is 5.85. The Kier molecular flexibility index (Phi) is 5.23. The number of nitrogens with one attached hydrogen (secondary N) is 1. The molecule has 1 rings (SSSR count). The van der Waals surface area contributed by atoms with Gasteiger partial charge in [-0.25, -0.2) is 0 Å². The molecule has 0 aliphatic rings. The first-order valence-corrected chi connectivity index (χ1v) is 6.15. The summed E-state index contributed by atoms with van der Waals surface area (Å²) in [5.41, 5.74) is 3.53. The molecule has 0 fully saturated rings. The van der Waals surface area contributed by atoms with Gasteiger partial charge in [-0.1, -0.05) is 25.6 Å². The van der Waals surface area contributed by atoms with Crippen LogP contribution in [-0.4, -0.2) is 13.7 Å². The van der Waals surface area contributed by atoms with Crippen LogP contribution in [0.1, 0.15) is 37.4 Å². The minimum Gasteiger partial charge on any atom is -0.489 e. The smallest absolute Gasteiger partial charge is 0.124 e. The van der Waals surface area contributed by atoms with E-state index in [4.69, 9.17) is 4.74 Å². The number of rotatable bonds is 6. The number of hydrogen-bond acceptors (Lipinski definition) is 2. The highest BCUT2D eigenvalue weighted by atomic mass is 16.5. The predicted molar refractivity (Wildman–Crippen MR) is 73.6 cm³/mol. The van der Waals surface area contributed by atoms with Crippen molar-refractivity contribution in [2.45, 2.75) is 33.2 Å². The maximum Gasteiger partial charge on any atom is 0.124 e. The Morgan fingerprint density at radius 2 is 2.18 bits per heavy atom. The monoisotopic (exact) mass is 233 g/mol. The van der Waals surface area contributed by atoms with Crippen molar-refractivity contribution in [1.29, 1.82) is 0 Å². The first-order chi connectivity index (χ1) is 8.08. The Morgan fingerprint density at radius 3 is 2.76 bits per heavy atom. The van der Waals surface area contributed by atoms with Gasteiger partial charge in [-0.05, 0) is 44.5 Å². The fraction of sp³-hybridized carbons (Fsp3) is 0.467. The van der Waals surface area contributed by atoms with Crippen LogP contribution in [0, 0.1) is 6.92 Å². The van der Waals surface area contributed by atoms with Crippen molar-refractivity contribution in [3.8, 4) is 5.75 Å². The first kappa shape index (κ1) is 13.8. The standard InChI is InChI=1S/C15H23NO/c1-6-11(2)10-17-15-9-12(3)7-8-14(15)13(4)16-5/h7-9,13,16H,2,6,10H2,1,3-5H3. The van der Waals surface area contributed by atoms with Crippen LogP contribution < -0.4 is 10.1 Å². The van der Waals surface area contributed by atoms with Gasteiger partial charge in [0.15, 0.2) is 0 Å². The molecule has 1 aromatic carbocycles. The third kappa shape index (κ3) is 3.90. The van der Waals surface area contributed by atoms with Gasteiger partial charge in [0.1, 0.15) is 12.4 Å². The van der Waals surface area contributed by atoms with E-state index in [2.05, 4.69) is 50.9 Å². The summed E-state index contributed by atoms with van der Waals surface area (Å²) in [6, 6.07) is 6.62. The lowest BCUT2D eigenvalue weighted by Gasteiger charge is -2.17. The molecule has 1 N–H and O–H groups in total. The van der Waals surface area contributed by atoms with Gasteiger partial charge in [0.2, 0.25) is 0 Å². The van der Waals surface area contributed by atoms with Gasteiger partial charge in [0.25, 0.3) is 0 Å². The average Bonchev–Trinajstić information content (AvgIpc) is 2.35. The van der Waals surface area contributed by atoms with Crippen molar-refractivity contribution < 1.29 is 4.74 Å². The van der Waals surface area contributed by atoms with Crippen LogP contribution in [0.3, 0.4) is 0 Å². The van der Waals surface area contributed by atoms with E-state index in [-0.39, 0.29) is 0 Å². The third-order valence-electron chi connectivity index (χ3n) is 3.00. The molecule has 0 aliphatic carbocycles. The zero-order valence-corrected chi connectivity index (χ0v) is 11.3. The van der Waals surface area contributed by atoms with Crippen molar-refractivity contribution >= 4 is 0 Å². The summed E-state index contributed by atoms with van der Waals surface area (Å²) >= 11 is 0. The second kappa shape index (κ2) is 6.45. The van der Waals surface area contributed by atoms with Crippen molar-refractivity contribution in [2.24, 2.45) is 0 Å². The quantitative estimate of drug-likeness (QED) is 0.758. The first-order valence-electron chi connectivity index (χ1n) is 6.15. The van der Waals surface area contributed by atoms with E-state index in [0.29, 0.717) is 12.6 Å². The van der Waals surface area contributed by atoms with E-state index in [1.54, 1.807) is 0 Å². The normalized spacial score (nSPS) is 12.2. The zero-order valence-electron chi connectivity index (χ0n) is 11.3. The molecule has 0 saturated carbocycles. The van der Waals surface area contributed by atoms with Crippen LogP contribution in [0.5, 0.6) is 5.75 Å². The Bertz CT molecular complexity index is 385. The SMILES string of the molecule is C=C(CC)COc1cc(C)ccc1C(C)NC. The maximum atomic E-state index is 5.85. The van der Waals surface area contributed by atoms with Crippen LogP contribution in [0.2, 0.25) is 0 Å². The molecule has 2 nitrogen and oxygen atoms in total. The summed E-state index contributed by atoms with van der Waals surface area (Å²) in [6.45, 7) is 10.9. The number of hydrogen-bond donors (Lipinski definition) is 1. The Hall–Kier alpha value is -1.28. The number of ether oxygens (including phenoxy) is 1. The molecule has 1 unspecified atom stereocenters. The summed E-state index contributed by atoms with van der Waals surface area (Å²) < 4.78 is 5.85. The number of aryl methyl sites for hydroxylation is 1. The summed E-state index contributed by atoms with van der Waals surface area (Å²) in [6.07, 6.45) is 0.961. The molecule has 0 heterocycles. The van der Waals surface area contributed by atoms with Crippen molar-refractivity contribution in [2.75, 3.05) is 13.7 Å². The molecule has 1 aromatic rings. The second-order valence-corrected chi connectivity index (χ2v) is 4.44. The van der Waals surface area contributed by atoms with Crippen molar-refractivity contribution in [3.05, 3.63) is 41.5 Å². The highest BCUT2D eigenvalue weighted by molar-refractivity contribution is 5.39. The van der Waals surface area contributed by atoms with E-state index in [1.165, 1.54) is 11.1 Å². The van der Waals surface area contributed by atoms with E-state index in [0.717, 1.165) is 17.7 Å². The van der Waals surface area contributed by atoms with E-state index in [1.807, 2.05) is 7.05 Å².